The second-order valence-corrected chi connectivity index (χ2v) is 12.8. The van der Waals surface area contributed by atoms with Crippen LogP contribution in [0.25, 0.3) is 0 Å². The Bertz CT molecular complexity index is 1510. The summed E-state index contributed by atoms with van der Waals surface area (Å²) >= 11 is 0. The van der Waals surface area contributed by atoms with E-state index in [2.05, 4.69) is 0 Å². The Morgan fingerprint density at radius 3 is 2.34 bits per heavy atom. The fraction of sp³-hybridized carbons (Fsp3) is 0.393. The average Bonchev–Trinajstić information content (AvgIpc) is 2.90. The van der Waals surface area contributed by atoms with Gasteiger partial charge in [-0.05, 0) is 44.2 Å². The number of amides is 1. The molecule has 2 aliphatic carbocycles. The van der Waals surface area contributed by atoms with Gasteiger partial charge in [0, 0.05) is 42.4 Å². The molecule has 0 N–H and O–H groups in total. The molecule has 0 fully saturated rings. The number of alkyl halides is 3. The number of ether oxygens (including phenoxy) is 1. The number of hydrogen-bond donors (Lipinski definition) is 0. The van der Waals surface area contributed by atoms with Crippen LogP contribution >= 0.6 is 0 Å². The maximum absolute atomic E-state index is 13.9. The van der Waals surface area contributed by atoms with Crippen LogP contribution in [-0.4, -0.2) is 53.2 Å². The van der Waals surface area contributed by atoms with Gasteiger partial charge in [-0.2, -0.15) is 13.2 Å². The SMILES string of the molecule is CC1=CC(OC2(C)CC=C([N+](=O)[O-])C=C2S(=O)(=O)N2C=CN(C(=O)c3ccc(C(F)(F)F)cc3)CC2)C(C)(C)C=C1. The van der Waals surface area contributed by atoms with Gasteiger partial charge < -0.3 is 9.64 Å². The molecule has 0 radical (unpaired) electrons. The third-order valence-corrected chi connectivity index (χ3v) is 9.33. The Balaban J connectivity index is 1.60. The molecule has 1 amide bonds. The number of nitro groups is 1. The van der Waals surface area contributed by atoms with E-state index in [0.717, 1.165) is 46.4 Å². The van der Waals surface area contributed by atoms with Crippen molar-refractivity contribution in [3.63, 3.8) is 0 Å². The van der Waals surface area contributed by atoms with E-state index in [4.69, 9.17) is 4.74 Å². The zero-order valence-corrected chi connectivity index (χ0v) is 23.7. The first-order chi connectivity index (χ1) is 18.9. The van der Waals surface area contributed by atoms with Crippen molar-refractivity contribution in [2.75, 3.05) is 13.1 Å². The van der Waals surface area contributed by atoms with Crippen molar-refractivity contribution in [2.45, 2.75) is 52.0 Å². The molecule has 220 valence electrons. The van der Waals surface area contributed by atoms with Gasteiger partial charge in [-0.25, -0.2) is 8.42 Å². The number of benzene rings is 1. The van der Waals surface area contributed by atoms with Gasteiger partial charge in [0.25, 0.3) is 21.6 Å². The molecule has 9 nitrogen and oxygen atoms in total. The summed E-state index contributed by atoms with van der Waals surface area (Å²) in [6.07, 6.45) is 5.37. The highest BCUT2D eigenvalue weighted by Crippen LogP contribution is 2.42. The summed E-state index contributed by atoms with van der Waals surface area (Å²) in [5, 5.41) is 11.6. The van der Waals surface area contributed by atoms with Crippen LogP contribution in [-0.2, 0) is 20.9 Å². The number of halogens is 3. The van der Waals surface area contributed by atoms with Gasteiger partial charge in [-0.15, -0.1) is 0 Å². The van der Waals surface area contributed by atoms with Crippen LogP contribution in [0.2, 0.25) is 0 Å². The van der Waals surface area contributed by atoms with E-state index in [1.54, 1.807) is 6.92 Å². The molecule has 2 unspecified atom stereocenters. The summed E-state index contributed by atoms with van der Waals surface area (Å²) in [5.74, 6) is -0.606. The van der Waals surface area contributed by atoms with Gasteiger partial charge in [0.2, 0.25) is 0 Å². The van der Waals surface area contributed by atoms with Crippen molar-refractivity contribution in [3.8, 4) is 0 Å². The molecule has 0 spiro atoms. The number of allylic oxidation sites excluding steroid dienone is 3. The zero-order valence-electron chi connectivity index (χ0n) is 22.9. The lowest BCUT2D eigenvalue weighted by molar-refractivity contribution is -0.419. The smallest absolute Gasteiger partial charge is 0.361 e. The van der Waals surface area contributed by atoms with Crippen molar-refractivity contribution >= 4 is 15.9 Å². The van der Waals surface area contributed by atoms with Gasteiger partial charge in [0.05, 0.1) is 23.1 Å². The lowest BCUT2D eigenvalue weighted by Gasteiger charge is -2.42. The van der Waals surface area contributed by atoms with Crippen LogP contribution in [0.15, 0.2) is 83.2 Å². The minimum Gasteiger partial charge on any atom is -0.361 e. The van der Waals surface area contributed by atoms with Crippen molar-refractivity contribution in [2.24, 2.45) is 5.41 Å². The summed E-state index contributed by atoms with van der Waals surface area (Å²) in [6.45, 7) is 7.06. The molecule has 3 aliphatic rings. The molecular formula is C28H30F3N3O6S. The first-order valence-electron chi connectivity index (χ1n) is 12.7. The van der Waals surface area contributed by atoms with Gasteiger partial charge >= 0.3 is 6.18 Å². The largest absolute Gasteiger partial charge is 0.416 e. The number of rotatable bonds is 6. The minimum absolute atomic E-state index is 0.00294. The second kappa shape index (κ2) is 10.6. The lowest BCUT2D eigenvalue weighted by atomic mass is 9.80. The molecule has 4 rings (SSSR count). The van der Waals surface area contributed by atoms with Gasteiger partial charge in [0.1, 0.15) is 10.5 Å². The van der Waals surface area contributed by atoms with Gasteiger partial charge in [-0.3, -0.25) is 19.2 Å². The fourth-order valence-electron chi connectivity index (χ4n) is 4.72. The fourth-order valence-corrected chi connectivity index (χ4v) is 6.45. The number of nitrogens with zero attached hydrogens (tertiary/aromatic N) is 3. The predicted octanol–water partition coefficient (Wildman–Crippen LogP) is 5.40. The third-order valence-electron chi connectivity index (χ3n) is 7.30. The summed E-state index contributed by atoms with van der Waals surface area (Å²) < 4.78 is 73.8. The summed E-state index contributed by atoms with van der Waals surface area (Å²) in [5.41, 5.74) is -2.26. The van der Waals surface area contributed by atoms with E-state index < -0.39 is 49.7 Å². The predicted molar refractivity (Wildman–Crippen MR) is 145 cm³/mol. The van der Waals surface area contributed by atoms with Crippen LogP contribution in [0.4, 0.5) is 13.2 Å². The Hall–Kier alpha value is -3.71. The molecule has 0 saturated heterocycles. The van der Waals surface area contributed by atoms with Crippen LogP contribution in [0.3, 0.4) is 0 Å². The molecule has 2 atom stereocenters. The topological polar surface area (TPSA) is 110 Å². The lowest BCUT2D eigenvalue weighted by Crippen LogP contribution is -2.48. The van der Waals surface area contributed by atoms with Crippen molar-refractivity contribution in [1.29, 1.82) is 0 Å². The highest BCUT2D eigenvalue weighted by Gasteiger charge is 2.47. The normalized spacial score (nSPS) is 24.5. The van der Waals surface area contributed by atoms with Crippen LogP contribution < -0.4 is 0 Å². The third kappa shape index (κ3) is 6.15. The highest BCUT2D eigenvalue weighted by molar-refractivity contribution is 7.93. The summed E-state index contributed by atoms with van der Waals surface area (Å²) in [4.78, 5) is 24.7. The first kappa shape index (κ1) is 30.3. The second-order valence-electron chi connectivity index (χ2n) is 10.9. The Morgan fingerprint density at radius 1 is 1.12 bits per heavy atom. The monoisotopic (exact) mass is 593 g/mol. The van der Waals surface area contributed by atoms with E-state index in [1.165, 1.54) is 17.2 Å². The van der Waals surface area contributed by atoms with E-state index in [9.17, 15) is 36.5 Å². The Kier molecular flexibility index (Phi) is 7.82. The van der Waals surface area contributed by atoms with Crippen molar-refractivity contribution in [3.05, 3.63) is 104 Å². The number of sulfonamides is 1. The molecule has 0 aromatic heterocycles. The summed E-state index contributed by atoms with van der Waals surface area (Å²) in [7, 11) is -4.36. The maximum atomic E-state index is 13.9. The number of carbonyl (C=O) groups is 1. The summed E-state index contributed by atoms with van der Waals surface area (Å²) in [6, 6.07) is 3.71. The molecule has 1 aromatic carbocycles. The molecule has 1 heterocycles. The molecule has 1 aromatic rings. The quantitative estimate of drug-likeness (QED) is 0.323. The standard InChI is InChI=1S/C28H30F3N3O6S/c1-19-9-11-26(2,3)23(17-19)40-27(4)12-10-22(34(36)37)18-24(27)41(38,39)33-15-13-32(14-16-33)25(35)20-5-7-21(8-6-20)28(29,30)31/h5-11,13,15,17-18,23H,12,14,16H2,1-4H3. The highest BCUT2D eigenvalue weighted by atomic mass is 32.2. The molecular weight excluding hydrogens is 563 g/mol. The Morgan fingerprint density at radius 2 is 1.78 bits per heavy atom. The van der Waals surface area contributed by atoms with Crippen molar-refractivity contribution in [1.82, 2.24) is 9.21 Å². The van der Waals surface area contributed by atoms with Crippen LogP contribution in [0.1, 0.15) is 50.0 Å². The molecule has 41 heavy (non-hydrogen) atoms. The van der Waals surface area contributed by atoms with Gasteiger partial charge in [-0.1, -0.05) is 37.6 Å². The zero-order chi connectivity index (χ0) is 30.4. The van der Waals surface area contributed by atoms with Gasteiger partial charge in [0.15, 0.2) is 0 Å². The minimum atomic E-state index is -4.55. The first-order valence-corrected chi connectivity index (χ1v) is 14.2. The number of hydrogen-bond acceptors (Lipinski definition) is 6. The molecule has 0 bridgehead atoms. The van der Waals surface area contributed by atoms with E-state index in [0.29, 0.717) is 0 Å². The maximum Gasteiger partial charge on any atom is 0.416 e. The van der Waals surface area contributed by atoms with E-state index in [-0.39, 0.29) is 35.7 Å². The average molecular weight is 594 g/mol. The molecule has 0 saturated carbocycles. The Labute approximate surface area is 236 Å². The van der Waals surface area contributed by atoms with E-state index >= 15 is 0 Å². The van der Waals surface area contributed by atoms with E-state index in [1.807, 2.05) is 39.0 Å². The molecule has 13 heteroatoms. The van der Waals surface area contributed by atoms with Crippen LogP contribution in [0, 0.1) is 15.5 Å². The van der Waals surface area contributed by atoms with Crippen LogP contribution in [0.5, 0.6) is 0 Å². The van der Waals surface area contributed by atoms with Crippen molar-refractivity contribution < 1.29 is 36.0 Å². The number of carbonyl (C=O) groups excluding carboxylic acids is 1. The molecule has 1 aliphatic heterocycles.